The lowest BCUT2D eigenvalue weighted by Crippen LogP contribution is -2.22. The first kappa shape index (κ1) is 13.2. The molecule has 2 aromatic carbocycles. The molecule has 0 amide bonds. The first-order valence-electron chi connectivity index (χ1n) is 6.34. The number of hydrogen-bond donors (Lipinski definition) is 0. The second-order valence-corrected chi connectivity index (χ2v) is 4.58. The Labute approximate surface area is 113 Å². The van der Waals surface area contributed by atoms with Gasteiger partial charge in [-0.05, 0) is 12.5 Å². The van der Waals surface area contributed by atoms with Crippen molar-refractivity contribution >= 4 is 11.6 Å². The molecule has 1 atom stereocenters. The molecule has 96 valence electrons. The van der Waals surface area contributed by atoms with Gasteiger partial charge in [-0.1, -0.05) is 60.7 Å². The maximum Gasteiger partial charge on any atom is 0.173 e. The molecule has 0 fully saturated rings. The molecule has 0 aliphatic carbocycles. The van der Waals surface area contributed by atoms with E-state index in [4.69, 9.17) is 0 Å². The van der Waals surface area contributed by atoms with Gasteiger partial charge in [-0.15, -0.1) is 0 Å². The Hall–Kier alpha value is -2.22. The number of carbonyl (C=O) groups excluding carboxylic acids is 2. The Kier molecular flexibility index (Phi) is 4.24. The SMILES string of the molecule is CC(C(=O)Cc1ccccc1)C(=O)c1ccccc1. The van der Waals surface area contributed by atoms with E-state index < -0.39 is 5.92 Å². The van der Waals surface area contributed by atoms with Gasteiger partial charge in [-0.2, -0.15) is 0 Å². The van der Waals surface area contributed by atoms with E-state index in [2.05, 4.69) is 0 Å². The summed E-state index contributed by atoms with van der Waals surface area (Å²) in [5, 5.41) is 0. The van der Waals surface area contributed by atoms with Crippen molar-refractivity contribution in [2.75, 3.05) is 0 Å². The number of benzene rings is 2. The molecule has 0 aromatic heterocycles. The Morgan fingerprint density at radius 1 is 0.895 bits per heavy atom. The Morgan fingerprint density at radius 3 is 2.00 bits per heavy atom. The smallest absolute Gasteiger partial charge is 0.173 e. The number of hydrogen-bond acceptors (Lipinski definition) is 2. The van der Waals surface area contributed by atoms with Gasteiger partial charge in [0.25, 0.3) is 0 Å². The molecule has 2 heteroatoms. The summed E-state index contributed by atoms with van der Waals surface area (Å²) in [5.74, 6) is -0.746. The number of Topliss-reactive ketones (excluding diaryl/α,β-unsaturated/α-hetero) is 2. The Bertz CT molecular complexity index is 558. The second kappa shape index (κ2) is 6.10. The first-order valence-corrected chi connectivity index (χ1v) is 6.34. The van der Waals surface area contributed by atoms with Crippen molar-refractivity contribution in [3.05, 3.63) is 71.8 Å². The van der Waals surface area contributed by atoms with Crippen LogP contribution in [0.4, 0.5) is 0 Å². The van der Waals surface area contributed by atoms with Gasteiger partial charge in [0.2, 0.25) is 0 Å². The van der Waals surface area contributed by atoms with E-state index in [1.54, 1.807) is 19.1 Å². The second-order valence-electron chi connectivity index (χ2n) is 4.58. The van der Waals surface area contributed by atoms with E-state index in [1.807, 2.05) is 48.5 Å². The van der Waals surface area contributed by atoms with E-state index in [0.717, 1.165) is 5.56 Å². The molecular formula is C17H16O2. The minimum absolute atomic E-state index is 0.0416. The van der Waals surface area contributed by atoms with Gasteiger partial charge in [-0.3, -0.25) is 9.59 Å². The van der Waals surface area contributed by atoms with Crippen molar-refractivity contribution in [1.29, 1.82) is 0 Å². The predicted octanol–water partition coefficient (Wildman–Crippen LogP) is 3.32. The maximum atomic E-state index is 12.2. The van der Waals surface area contributed by atoms with Crippen LogP contribution < -0.4 is 0 Å². The molecule has 0 saturated carbocycles. The quantitative estimate of drug-likeness (QED) is 0.604. The fourth-order valence-electron chi connectivity index (χ4n) is 1.95. The van der Waals surface area contributed by atoms with E-state index in [1.165, 1.54) is 0 Å². The number of ketones is 2. The van der Waals surface area contributed by atoms with Crippen LogP contribution in [-0.2, 0) is 11.2 Å². The summed E-state index contributed by atoms with van der Waals surface area (Å²) in [7, 11) is 0. The molecule has 0 bridgehead atoms. The van der Waals surface area contributed by atoms with E-state index in [9.17, 15) is 9.59 Å². The summed E-state index contributed by atoms with van der Waals surface area (Å²) in [4.78, 5) is 24.3. The predicted molar refractivity (Wildman–Crippen MR) is 75.1 cm³/mol. The van der Waals surface area contributed by atoms with Gasteiger partial charge in [0.05, 0.1) is 5.92 Å². The van der Waals surface area contributed by atoms with Crippen LogP contribution in [0, 0.1) is 5.92 Å². The molecule has 0 heterocycles. The van der Waals surface area contributed by atoms with Crippen molar-refractivity contribution < 1.29 is 9.59 Å². The standard InChI is InChI=1S/C17H16O2/c1-13(17(19)15-10-6-3-7-11-15)16(18)12-14-8-4-2-5-9-14/h2-11,13H,12H2,1H3. The molecule has 1 unspecified atom stereocenters. The topological polar surface area (TPSA) is 34.1 Å². The third kappa shape index (κ3) is 3.38. The van der Waals surface area contributed by atoms with Crippen LogP contribution in [0.1, 0.15) is 22.8 Å². The van der Waals surface area contributed by atoms with Gasteiger partial charge < -0.3 is 0 Å². The van der Waals surface area contributed by atoms with Crippen molar-refractivity contribution in [3.63, 3.8) is 0 Å². The van der Waals surface area contributed by atoms with E-state index in [-0.39, 0.29) is 11.6 Å². The highest BCUT2D eigenvalue weighted by Gasteiger charge is 2.22. The normalized spacial score (nSPS) is 11.8. The van der Waals surface area contributed by atoms with Crippen LogP contribution in [0.5, 0.6) is 0 Å². The average Bonchev–Trinajstić information content (AvgIpc) is 2.47. The van der Waals surface area contributed by atoms with Crippen LogP contribution in [0.15, 0.2) is 60.7 Å². The van der Waals surface area contributed by atoms with Gasteiger partial charge in [0.1, 0.15) is 5.78 Å². The molecular weight excluding hydrogens is 236 g/mol. The fraction of sp³-hybridized carbons (Fsp3) is 0.176. The zero-order valence-corrected chi connectivity index (χ0v) is 10.9. The number of rotatable bonds is 5. The first-order chi connectivity index (χ1) is 9.18. The minimum Gasteiger partial charge on any atom is -0.299 e. The largest absolute Gasteiger partial charge is 0.299 e. The monoisotopic (exact) mass is 252 g/mol. The zero-order chi connectivity index (χ0) is 13.7. The molecule has 2 aromatic rings. The van der Waals surface area contributed by atoms with Crippen LogP contribution >= 0.6 is 0 Å². The van der Waals surface area contributed by atoms with E-state index >= 15 is 0 Å². The molecule has 0 radical (unpaired) electrons. The molecule has 0 N–H and O–H groups in total. The Morgan fingerprint density at radius 2 is 1.42 bits per heavy atom. The molecule has 0 aliphatic heterocycles. The molecule has 2 nitrogen and oxygen atoms in total. The summed E-state index contributed by atoms with van der Waals surface area (Å²) in [5.41, 5.74) is 1.54. The van der Waals surface area contributed by atoms with Gasteiger partial charge in [-0.25, -0.2) is 0 Å². The van der Waals surface area contributed by atoms with Crippen molar-refractivity contribution in [1.82, 2.24) is 0 Å². The van der Waals surface area contributed by atoms with E-state index in [0.29, 0.717) is 12.0 Å². The lowest BCUT2D eigenvalue weighted by molar-refractivity contribution is -0.120. The maximum absolute atomic E-state index is 12.2. The summed E-state index contributed by atoms with van der Waals surface area (Å²) in [6.45, 7) is 1.68. The van der Waals surface area contributed by atoms with Crippen molar-refractivity contribution in [2.45, 2.75) is 13.3 Å². The fourth-order valence-corrected chi connectivity index (χ4v) is 1.95. The summed E-state index contributed by atoms with van der Waals surface area (Å²) < 4.78 is 0. The molecule has 0 saturated heterocycles. The number of carbonyl (C=O) groups is 2. The van der Waals surface area contributed by atoms with Crippen LogP contribution in [0.25, 0.3) is 0 Å². The average molecular weight is 252 g/mol. The van der Waals surface area contributed by atoms with Crippen LogP contribution in [0.3, 0.4) is 0 Å². The van der Waals surface area contributed by atoms with Crippen molar-refractivity contribution in [2.24, 2.45) is 5.92 Å². The molecule has 0 spiro atoms. The lowest BCUT2D eigenvalue weighted by atomic mass is 9.92. The van der Waals surface area contributed by atoms with Crippen molar-refractivity contribution in [3.8, 4) is 0 Å². The van der Waals surface area contributed by atoms with Crippen LogP contribution in [-0.4, -0.2) is 11.6 Å². The minimum atomic E-state index is -0.595. The lowest BCUT2D eigenvalue weighted by Gasteiger charge is -2.09. The summed E-state index contributed by atoms with van der Waals surface area (Å²) >= 11 is 0. The molecule has 2 rings (SSSR count). The third-order valence-corrected chi connectivity index (χ3v) is 3.16. The van der Waals surface area contributed by atoms with Crippen LogP contribution in [0.2, 0.25) is 0 Å². The van der Waals surface area contributed by atoms with Gasteiger partial charge in [0, 0.05) is 12.0 Å². The Balaban J connectivity index is 2.06. The summed E-state index contributed by atoms with van der Waals surface area (Å²) in [6.07, 6.45) is 0.306. The summed E-state index contributed by atoms with van der Waals surface area (Å²) in [6, 6.07) is 18.5. The molecule has 0 aliphatic rings. The van der Waals surface area contributed by atoms with Gasteiger partial charge >= 0.3 is 0 Å². The highest BCUT2D eigenvalue weighted by molar-refractivity contribution is 6.10. The molecule has 19 heavy (non-hydrogen) atoms. The highest BCUT2D eigenvalue weighted by atomic mass is 16.1. The third-order valence-electron chi connectivity index (χ3n) is 3.16. The zero-order valence-electron chi connectivity index (χ0n) is 10.9. The van der Waals surface area contributed by atoms with Gasteiger partial charge in [0.15, 0.2) is 5.78 Å². The highest BCUT2D eigenvalue weighted by Crippen LogP contribution is 2.12.